The highest BCUT2D eigenvalue weighted by Gasteiger charge is 2.30. The molecule has 0 aromatic carbocycles. The number of hydrogen-bond acceptors (Lipinski definition) is 2. The molecule has 2 saturated carbocycles. The molecule has 0 aromatic heterocycles. The number of hydrogen-bond donors (Lipinski definition) is 1. The van der Waals surface area contributed by atoms with Crippen LogP contribution >= 0.6 is 0 Å². The molecular formula is C16H31NO. The van der Waals surface area contributed by atoms with Crippen molar-refractivity contribution in [1.29, 1.82) is 0 Å². The number of aliphatic hydroxyl groups is 1. The van der Waals surface area contributed by atoms with Gasteiger partial charge in [-0.25, -0.2) is 0 Å². The Kier molecular flexibility index (Phi) is 5.97. The molecule has 0 aromatic rings. The van der Waals surface area contributed by atoms with E-state index in [1.54, 1.807) is 0 Å². The highest BCUT2D eigenvalue weighted by atomic mass is 16.3. The average molecular weight is 253 g/mol. The van der Waals surface area contributed by atoms with Crippen molar-refractivity contribution in [2.24, 2.45) is 5.92 Å². The van der Waals surface area contributed by atoms with Gasteiger partial charge in [-0.15, -0.1) is 0 Å². The van der Waals surface area contributed by atoms with Gasteiger partial charge in [0.1, 0.15) is 0 Å². The first-order valence-electron chi connectivity index (χ1n) is 8.21. The van der Waals surface area contributed by atoms with Crippen LogP contribution in [0.2, 0.25) is 0 Å². The van der Waals surface area contributed by atoms with Crippen molar-refractivity contribution in [2.75, 3.05) is 13.2 Å². The van der Waals surface area contributed by atoms with Crippen LogP contribution in [0.25, 0.3) is 0 Å². The Bertz CT molecular complexity index is 225. The molecule has 2 atom stereocenters. The fraction of sp³-hybridized carbons (Fsp3) is 1.00. The van der Waals surface area contributed by atoms with E-state index >= 15 is 0 Å². The van der Waals surface area contributed by atoms with Crippen LogP contribution in [-0.2, 0) is 0 Å². The predicted molar refractivity (Wildman–Crippen MR) is 76.7 cm³/mol. The Morgan fingerprint density at radius 1 is 0.944 bits per heavy atom. The monoisotopic (exact) mass is 253 g/mol. The summed E-state index contributed by atoms with van der Waals surface area (Å²) in [5.41, 5.74) is 0. The third-order valence-corrected chi connectivity index (χ3v) is 5.20. The number of nitrogens with zero attached hydrogens (tertiary/aromatic N) is 1. The molecule has 0 spiro atoms. The summed E-state index contributed by atoms with van der Waals surface area (Å²) in [4.78, 5) is 2.68. The molecule has 2 aliphatic carbocycles. The summed E-state index contributed by atoms with van der Waals surface area (Å²) in [6.07, 6.45) is 13.9. The van der Waals surface area contributed by atoms with E-state index in [-0.39, 0.29) is 0 Å². The minimum absolute atomic E-state index is 0.337. The summed E-state index contributed by atoms with van der Waals surface area (Å²) in [6, 6.07) is 1.53. The van der Waals surface area contributed by atoms with Crippen molar-refractivity contribution in [3.63, 3.8) is 0 Å². The lowest BCUT2D eigenvalue weighted by atomic mass is 9.82. The van der Waals surface area contributed by atoms with Crippen molar-refractivity contribution in [3.05, 3.63) is 0 Å². The van der Waals surface area contributed by atoms with Crippen LogP contribution in [0.3, 0.4) is 0 Å². The maximum absolute atomic E-state index is 9.38. The first-order valence-corrected chi connectivity index (χ1v) is 8.21. The highest BCUT2D eigenvalue weighted by molar-refractivity contribution is 4.85. The van der Waals surface area contributed by atoms with Gasteiger partial charge in [0, 0.05) is 18.6 Å². The van der Waals surface area contributed by atoms with Gasteiger partial charge in [0.05, 0.1) is 6.61 Å². The topological polar surface area (TPSA) is 23.5 Å². The lowest BCUT2D eigenvalue weighted by Gasteiger charge is -2.43. The Morgan fingerprint density at radius 2 is 1.67 bits per heavy atom. The minimum Gasteiger partial charge on any atom is -0.395 e. The molecule has 0 bridgehead atoms. The maximum atomic E-state index is 9.38. The Hall–Kier alpha value is -0.0800. The van der Waals surface area contributed by atoms with E-state index in [0.29, 0.717) is 6.61 Å². The molecule has 18 heavy (non-hydrogen) atoms. The Labute approximate surface area is 113 Å². The molecule has 0 heterocycles. The molecule has 0 saturated heterocycles. The van der Waals surface area contributed by atoms with E-state index in [4.69, 9.17) is 0 Å². The van der Waals surface area contributed by atoms with E-state index in [1.165, 1.54) is 64.2 Å². The van der Waals surface area contributed by atoms with Crippen molar-refractivity contribution in [2.45, 2.75) is 83.2 Å². The Morgan fingerprint density at radius 3 is 2.33 bits per heavy atom. The van der Waals surface area contributed by atoms with E-state index in [0.717, 1.165) is 24.5 Å². The quantitative estimate of drug-likeness (QED) is 0.809. The third-order valence-electron chi connectivity index (χ3n) is 5.20. The zero-order valence-corrected chi connectivity index (χ0v) is 12.1. The van der Waals surface area contributed by atoms with Crippen LogP contribution < -0.4 is 0 Å². The second kappa shape index (κ2) is 7.49. The molecule has 2 aliphatic rings. The number of rotatable bonds is 5. The summed E-state index contributed by atoms with van der Waals surface area (Å²) in [5.74, 6) is 0.938. The van der Waals surface area contributed by atoms with Gasteiger partial charge in [-0.05, 0) is 31.6 Å². The Balaban J connectivity index is 1.94. The van der Waals surface area contributed by atoms with E-state index in [1.807, 2.05) is 0 Å². The molecule has 2 rings (SSSR count). The lowest BCUT2D eigenvalue weighted by molar-refractivity contribution is 0.0493. The van der Waals surface area contributed by atoms with Gasteiger partial charge >= 0.3 is 0 Å². The summed E-state index contributed by atoms with van der Waals surface area (Å²) in [6.45, 7) is 3.58. The second-order valence-electron chi connectivity index (χ2n) is 6.35. The van der Waals surface area contributed by atoms with Gasteiger partial charge in [-0.3, -0.25) is 4.90 Å². The van der Waals surface area contributed by atoms with Gasteiger partial charge in [0.2, 0.25) is 0 Å². The van der Waals surface area contributed by atoms with Crippen LogP contribution in [0.15, 0.2) is 0 Å². The molecule has 0 radical (unpaired) electrons. The summed E-state index contributed by atoms with van der Waals surface area (Å²) in [7, 11) is 0. The molecule has 0 amide bonds. The molecule has 0 aliphatic heterocycles. The molecule has 2 unspecified atom stereocenters. The van der Waals surface area contributed by atoms with Crippen LogP contribution in [0.4, 0.5) is 0 Å². The van der Waals surface area contributed by atoms with Crippen LogP contribution in [0, 0.1) is 5.92 Å². The largest absolute Gasteiger partial charge is 0.395 e. The van der Waals surface area contributed by atoms with Gasteiger partial charge in [0.15, 0.2) is 0 Å². The zero-order valence-electron chi connectivity index (χ0n) is 12.1. The predicted octanol–water partition coefficient (Wildman–Crippen LogP) is 3.58. The summed E-state index contributed by atoms with van der Waals surface area (Å²) in [5, 5.41) is 9.38. The normalized spacial score (nSPS) is 30.8. The van der Waals surface area contributed by atoms with Crippen molar-refractivity contribution < 1.29 is 5.11 Å². The smallest absolute Gasteiger partial charge is 0.0558 e. The van der Waals surface area contributed by atoms with Crippen molar-refractivity contribution >= 4 is 0 Å². The molecular weight excluding hydrogens is 222 g/mol. The molecule has 106 valence electrons. The zero-order chi connectivity index (χ0) is 12.8. The highest BCUT2D eigenvalue weighted by Crippen LogP contribution is 2.33. The standard InChI is InChI=1S/C16H31NO/c1-2-14-7-6-10-16(13-14)17(11-12-18)15-8-4-3-5-9-15/h14-16,18H,2-13H2,1H3. The molecule has 1 N–H and O–H groups in total. The van der Waals surface area contributed by atoms with Gasteiger partial charge in [-0.2, -0.15) is 0 Å². The van der Waals surface area contributed by atoms with E-state index in [2.05, 4.69) is 11.8 Å². The van der Waals surface area contributed by atoms with E-state index < -0.39 is 0 Å². The molecule has 2 heteroatoms. The van der Waals surface area contributed by atoms with Crippen LogP contribution in [0.5, 0.6) is 0 Å². The fourth-order valence-corrected chi connectivity index (χ4v) is 4.13. The van der Waals surface area contributed by atoms with Gasteiger partial charge in [0.25, 0.3) is 0 Å². The van der Waals surface area contributed by atoms with Crippen LogP contribution in [0.1, 0.15) is 71.1 Å². The van der Waals surface area contributed by atoms with Gasteiger partial charge < -0.3 is 5.11 Å². The summed E-state index contributed by atoms with van der Waals surface area (Å²) < 4.78 is 0. The van der Waals surface area contributed by atoms with Crippen molar-refractivity contribution in [3.8, 4) is 0 Å². The lowest BCUT2D eigenvalue weighted by Crippen LogP contribution is -2.47. The SMILES string of the molecule is CCC1CCCC(N(CCO)C2CCCCC2)C1. The maximum Gasteiger partial charge on any atom is 0.0558 e. The molecule has 2 nitrogen and oxygen atoms in total. The number of aliphatic hydroxyl groups excluding tert-OH is 1. The summed E-state index contributed by atoms with van der Waals surface area (Å²) >= 11 is 0. The van der Waals surface area contributed by atoms with Gasteiger partial charge in [-0.1, -0.05) is 45.4 Å². The van der Waals surface area contributed by atoms with Crippen LogP contribution in [-0.4, -0.2) is 35.2 Å². The third kappa shape index (κ3) is 3.71. The first-order chi connectivity index (χ1) is 8.85. The minimum atomic E-state index is 0.337. The fourth-order valence-electron chi connectivity index (χ4n) is 4.13. The average Bonchev–Trinajstić information content (AvgIpc) is 2.46. The first kappa shape index (κ1) is 14.3. The van der Waals surface area contributed by atoms with Crippen molar-refractivity contribution in [1.82, 2.24) is 4.90 Å². The molecule has 2 fully saturated rings. The van der Waals surface area contributed by atoms with E-state index in [9.17, 15) is 5.11 Å². The second-order valence-corrected chi connectivity index (χ2v) is 6.35.